The van der Waals surface area contributed by atoms with Crippen LogP contribution in [0, 0.1) is 0 Å². The third-order valence-electron chi connectivity index (χ3n) is 4.16. The van der Waals surface area contributed by atoms with Gasteiger partial charge < -0.3 is 10.2 Å². The predicted molar refractivity (Wildman–Crippen MR) is 88.6 cm³/mol. The summed E-state index contributed by atoms with van der Waals surface area (Å²) in [6.45, 7) is 7.07. The number of unbranched alkanes of at least 4 members (excludes halogenated alkanes) is 3. The smallest absolute Gasteiger partial charge is 0.0398 e. The molecule has 1 aromatic carbocycles. The highest BCUT2D eigenvalue weighted by atomic mass is 15.1. The largest absolute Gasteiger partial charge is 0.371 e. The molecule has 0 radical (unpaired) electrons. The van der Waals surface area contributed by atoms with Crippen molar-refractivity contribution in [1.29, 1.82) is 0 Å². The van der Waals surface area contributed by atoms with Crippen LogP contribution < -0.4 is 10.2 Å². The number of hydrogen-bond donors (Lipinski definition) is 1. The van der Waals surface area contributed by atoms with Crippen molar-refractivity contribution in [3.63, 3.8) is 0 Å². The fraction of sp³-hybridized carbons (Fsp3) is 0.667. The van der Waals surface area contributed by atoms with E-state index in [9.17, 15) is 0 Å². The standard InChI is InChI=1S/C18H30N2/c1-2-13-19-14-7-3-4-8-15-20-16-9-11-17-10-5-6-12-18(17)20/h5-6,10,12,19H,2-4,7-9,11,13-16H2,1H3. The molecule has 2 rings (SSSR count). The lowest BCUT2D eigenvalue weighted by atomic mass is 10.0. The van der Waals surface area contributed by atoms with Crippen molar-refractivity contribution in [3.05, 3.63) is 29.8 Å². The summed E-state index contributed by atoms with van der Waals surface area (Å²) in [5.74, 6) is 0. The average molecular weight is 274 g/mol. The third-order valence-corrected chi connectivity index (χ3v) is 4.16. The van der Waals surface area contributed by atoms with Gasteiger partial charge in [-0.25, -0.2) is 0 Å². The second kappa shape index (κ2) is 9.02. The zero-order chi connectivity index (χ0) is 14.0. The summed E-state index contributed by atoms with van der Waals surface area (Å²) in [6, 6.07) is 8.94. The molecule has 0 aromatic heterocycles. The number of nitrogens with zero attached hydrogens (tertiary/aromatic N) is 1. The van der Waals surface area contributed by atoms with E-state index in [1.54, 1.807) is 5.56 Å². The fourth-order valence-corrected chi connectivity index (χ4v) is 3.05. The summed E-state index contributed by atoms with van der Waals surface area (Å²) in [6.07, 6.45) is 9.22. The van der Waals surface area contributed by atoms with E-state index in [0.29, 0.717) is 0 Å². The first-order valence-electron chi connectivity index (χ1n) is 8.45. The van der Waals surface area contributed by atoms with Gasteiger partial charge in [0.05, 0.1) is 0 Å². The minimum Gasteiger partial charge on any atom is -0.371 e. The summed E-state index contributed by atoms with van der Waals surface area (Å²) < 4.78 is 0. The monoisotopic (exact) mass is 274 g/mol. The third kappa shape index (κ3) is 4.82. The van der Waals surface area contributed by atoms with Crippen molar-refractivity contribution in [2.75, 3.05) is 31.1 Å². The molecule has 0 aliphatic carbocycles. The van der Waals surface area contributed by atoms with Crippen molar-refractivity contribution in [2.45, 2.75) is 51.9 Å². The van der Waals surface area contributed by atoms with Gasteiger partial charge in [0.2, 0.25) is 0 Å². The fourth-order valence-electron chi connectivity index (χ4n) is 3.05. The summed E-state index contributed by atoms with van der Waals surface area (Å²) in [7, 11) is 0. The number of rotatable bonds is 9. The molecule has 0 bridgehead atoms. The zero-order valence-corrected chi connectivity index (χ0v) is 13.0. The number of aryl methyl sites for hydroxylation is 1. The van der Waals surface area contributed by atoms with Crippen molar-refractivity contribution in [3.8, 4) is 0 Å². The Morgan fingerprint density at radius 1 is 1.05 bits per heavy atom. The topological polar surface area (TPSA) is 15.3 Å². The second-order valence-corrected chi connectivity index (χ2v) is 5.88. The Hall–Kier alpha value is -1.02. The number of fused-ring (bicyclic) bond motifs is 1. The molecule has 0 unspecified atom stereocenters. The van der Waals surface area contributed by atoms with Gasteiger partial charge in [0.25, 0.3) is 0 Å². The highest BCUT2D eigenvalue weighted by molar-refractivity contribution is 5.55. The van der Waals surface area contributed by atoms with Gasteiger partial charge >= 0.3 is 0 Å². The Labute approximate surface area is 124 Å². The van der Waals surface area contributed by atoms with E-state index in [0.717, 1.165) is 0 Å². The van der Waals surface area contributed by atoms with E-state index in [4.69, 9.17) is 0 Å². The molecule has 0 spiro atoms. The highest BCUT2D eigenvalue weighted by Crippen LogP contribution is 2.26. The summed E-state index contributed by atoms with van der Waals surface area (Å²) in [5.41, 5.74) is 3.03. The zero-order valence-electron chi connectivity index (χ0n) is 13.0. The number of hydrogen-bond acceptors (Lipinski definition) is 2. The van der Waals surface area contributed by atoms with Crippen molar-refractivity contribution >= 4 is 5.69 Å². The van der Waals surface area contributed by atoms with Gasteiger partial charge in [-0.15, -0.1) is 0 Å². The van der Waals surface area contributed by atoms with E-state index < -0.39 is 0 Å². The van der Waals surface area contributed by atoms with Gasteiger partial charge in [-0.1, -0.05) is 38.0 Å². The molecule has 0 amide bonds. The maximum atomic E-state index is 3.48. The number of anilines is 1. The second-order valence-electron chi connectivity index (χ2n) is 5.88. The molecule has 0 atom stereocenters. The van der Waals surface area contributed by atoms with Crippen LogP contribution in [0.3, 0.4) is 0 Å². The van der Waals surface area contributed by atoms with Crippen LogP contribution in [-0.2, 0) is 6.42 Å². The Kier molecular flexibility index (Phi) is 6.93. The molecule has 1 aromatic rings. The van der Waals surface area contributed by atoms with E-state index in [-0.39, 0.29) is 0 Å². The molecule has 0 saturated heterocycles. The first kappa shape index (κ1) is 15.4. The molecule has 0 saturated carbocycles. The molecule has 1 aliphatic heterocycles. The number of benzene rings is 1. The van der Waals surface area contributed by atoms with Crippen molar-refractivity contribution in [1.82, 2.24) is 5.32 Å². The van der Waals surface area contributed by atoms with Crippen LogP contribution in [0.2, 0.25) is 0 Å². The molecule has 1 N–H and O–H groups in total. The van der Waals surface area contributed by atoms with Gasteiger partial charge in [0, 0.05) is 18.8 Å². The quantitative estimate of drug-likeness (QED) is 0.685. The Morgan fingerprint density at radius 2 is 1.90 bits per heavy atom. The minimum absolute atomic E-state index is 1.17. The average Bonchev–Trinajstić information content (AvgIpc) is 2.50. The predicted octanol–water partition coefficient (Wildman–Crippen LogP) is 4.00. The summed E-state index contributed by atoms with van der Waals surface area (Å²) >= 11 is 0. The number of nitrogens with one attached hydrogen (secondary N) is 1. The van der Waals surface area contributed by atoms with Crippen LogP contribution in [0.1, 0.15) is 51.0 Å². The van der Waals surface area contributed by atoms with Gasteiger partial charge in [-0.3, -0.25) is 0 Å². The maximum Gasteiger partial charge on any atom is 0.0398 e. The van der Waals surface area contributed by atoms with E-state index >= 15 is 0 Å². The van der Waals surface area contributed by atoms with Crippen molar-refractivity contribution in [2.24, 2.45) is 0 Å². The van der Waals surface area contributed by atoms with Gasteiger partial charge in [0.1, 0.15) is 0 Å². The molecule has 2 nitrogen and oxygen atoms in total. The minimum atomic E-state index is 1.17. The van der Waals surface area contributed by atoms with Gasteiger partial charge in [-0.05, 0) is 56.8 Å². The summed E-state index contributed by atoms with van der Waals surface area (Å²) in [4.78, 5) is 2.59. The molecule has 1 heterocycles. The van der Waals surface area contributed by atoms with Crippen LogP contribution in [-0.4, -0.2) is 26.2 Å². The first-order chi connectivity index (χ1) is 9.92. The normalized spacial score (nSPS) is 14.3. The lowest BCUT2D eigenvalue weighted by Gasteiger charge is -2.31. The molecular formula is C18H30N2. The van der Waals surface area contributed by atoms with E-state index in [1.807, 2.05) is 0 Å². The SMILES string of the molecule is CCCNCCCCCCN1CCCc2ccccc21. The molecule has 20 heavy (non-hydrogen) atoms. The molecule has 2 heteroatoms. The highest BCUT2D eigenvalue weighted by Gasteiger charge is 2.15. The molecule has 0 fully saturated rings. The Balaban J connectivity index is 1.61. The van der Waals surface area contributed by atoms with Crippen LogP contribution in [0.15, 0.2) is 24.3 Å². The van der Waals surface area contributed by atoms with E-state index in [2.05, 4.69) is 41.4 Å². The van der Waals surface area contributed by atoms with Crippen LogP contribution in [0.4, 0.5) is 5.69 Å². The number of para-hydroxylation sites is 1. The van der Waals surface area contributed by atoms with Crippen molar-refractivity contribution < 1.29 is 0 Å². The van der Waals surface area contributed by atoms with Gasteiger partial charge in [-0.2, -0.15) is 0 Å². The molecular weight excluding hydrogens is 244 g/mol. The van der Waals surface area contributed by atoms with Crippen LogP contribution in [0.5, 0.6) is 0 Å². The van der Waals surface area contributed by atoms with Gasteiger partial charge in [0.15, 0.2) is 0 Å². The van der Waals surface area contributed by atoms with E-state index in [1.165, 1.54) is 76.8 Å². The first-order valence-corrected chi connectivity index (χ1v) is 8.45. The molecule has 112 valence electrons. The maximum absolute atomic E-state index is 3.48. The summed E-state index contributed by atoms with van der Waals surface area (Å²) in [5, 5.41) is 3.48. The van der Waals surface area contributed by atoms with Crippen LogP contribution in [0.25, 0.3) is 0 Å². The Bertz CT molecular complexity index is 375. The molecule has 1 aliphatic rings. The lowest BCUT2D eigenvalue weighted by Crippen LogP contribution is -2.30. The lowest BCUT2D eigenvalue weighted by molar-refractivity contribution is 0.574. The Morgan fingerprint density at radius 3 is 2.80 bits per heavy atom. The van der Waals surface area contributed by atoms with Crippen LogP contribution >= 0.6 is 0 Å².